The van der Waals surface area contributed by atoms with Gasteiger partial charge in [-0.15, -0.1) is 0 Å². The highest BCUT2D eigenvalue weighted by atomic mass is 16.2. The van der Waals surface area contributed by atoms with Gasteiger partial charge in [0.25, 0.3) is 0 Å². The maximum Gasteiger partial charge on any atom is 0.223 e. The van der Waals surface area contributed by atoms with Crippen LogP contribution in [0.2, 0.25) is 0 Å². The van der Waals surface area contributed by atoms with E-state index >= 15 is 0 Å². The van der Waals surface area contributed by atoms with Crippen molar-refractivity contribution in [1.82, 2.24) is 14.7 Å². The van der Waals surface area contributed by atoms with Gasteiger partial charge in [0.1, 0.15) is 0 Å². The van der Waals surface area contributed by atoms with Gasteiger partial charge >= 0.3 is 0 Å². The van der Waals surface area contributed by atoms with Crippen LogP contribution in [0, 0.1) is 6.92 Å². The van der Waals surface area contributed by atoms with Gasteiger partial charge < -0.3 is 14.7 Å². The van der Waals surface area contributed by atoms with Crippen molar-refractivity contribution in [2.45, 2.75) is 40.0 Å². The average molecular weight is 388 g/mol. The summed E-state index contributed by atoms with van der Waals surface area (Å²) in [7, 11) is 0. The van der Waals surface area contributed by atoms with Crippen molar-refractivity contribution in [3.8, 4) is 0 Å². The van der Waals surface area contributed by atoms with Crippen molar-refractivity contribution in [2.24, 2.45) is 0 Å². The largest absolute Gasteiger partial charge is 0.339 e. The van der Waals surface area contributed by atoms with Crippen LogP contribution < -0.4 is 0 Å². The molecule has 1 aliphatic rings. The highest BCUT2D eigenvalue weighted by molar-refractivity contribution is 5.98. The van der Waals surface area contributed by atoms with Crippen molar-refractivity contribution in [2.75, 3.05) is 45.8 Å². The van der Waals surface area contributed by atoms with Crippen LogP contribution in [0.5, 0.6) is 0 Å². The van der Waals surface area contributed by atoms with Crippen LogP contribution in [0.4, 0.5) is 0 Å². The minimum atomic E-state index is -0.00398. The summed E-state index contributed by atoms with van der Waals surface area (Å²) in [5.41, 5.74) is 1.76. The molecular formula is C22H33N3O3. The molecule has 2 amide bonds. The minimum Gasteiger partial charge on any atom is -0.339 e. The maximum absolute atomic E-state index is 12.4. The number of piperazine rings is 1. The zero-order valence-corrected chi connectivity index (χ0v) is 17.4. The number of ketones is 1. The second-order valence-corrected chi connectivity index (χ2v) is 7.33. The number of carbonyl (C=O) groups excluding carboxylic acids is 3. The predicted octanol–water partition coefficient (Wildman–Crippen LogP) is 2.36. The van der Waals surface area contributed by atoms with E-state index in [1.165, 1.54) is 0 Å². The van der Waals surface area contributed by atoms with E-state index in [2.05, 4.69) is 18.7 Å². The van der Waals surface area contributed by atoms with Crippen molar-refractivity contribution in [3.05, 3.63) is 35.4 Å². The van der Waals surface area contributed by atoms with E-state index in [0.717, 1.165) is 25.2 Å². The molecule has 1 aliphatic heterocycles. The van der Waals surface area contributed by atoms with E-state index in [4.69, 9.17) is 0 Å². The summed E-state index contributed by atoms with van der Waals surface area (Å²) in [6, 6.07) is 7.44. The fourth-order valence-corrected chi connectivity index (χ4v) is 3.42. The summed E-state index contributed by atoms with van der Waals surface area (Å²) < 4.78 is 0. The first-order valence-corrected chi connectivity index (χ1v) is 10.3. The smallest absolute Gasteiger partial charge is 0.223 e. The Morgan fingerprint density at radius 2 is 1.32 bits per heavy atom. The molecule has 1 aromatic carbocycles. The molecular weight excluding hydrogens is 354 g/mol. The quantitative estimate of drug-likeness (QED) is 0.611. The second-order valence-electron chi connectivity index (χ2n) is 7.33. The molecule has 0 unspecified atom stereocenters. The number of hydrogen-bond donors (Lipinski definition) is 0. The monoisotopic (exact) mass is 387 g/mol. The molecule has 1 aromatic rings. The van der Waals surface area contributed by atoms with Crippen LogP contribution in [-0.4, -0.2) is 78.1 Å². The van der Waals surface area contributed by atoms with Crippen molar-refractivity contribution < 1.29 is 14.4 Å². The minimum absolute atomic E-state index is 0.00133. The lowest BCUT2D eigenvalue weighted by atomic mass is 10.0. The molecule has 2 rings (SSSR count). The third-order valence-electron chi connectivity index (χ3n) is 5.46. The molecule has 0 radical (unpaired) electrons. The highest BCUT2D eigenvalue weighted by Gasteiger charge is 2.24. The molecule has 6 heteroatoms. The molecule has 154 valence electrons. The Bertz CT molecular complexity index is 660. The van der Waals surface area contributed by atoms with Gasteiger partial charge in [-0.3, -0.25) is 14.4 Å². The number of aryl methyl sites for hydroxylation is 1. The molecule has 0 N–H and O–H groups in total. The van der Waals surface area contributed by atoms with Crippen LogP contribution in [0.3, 0.4) is 0 Å². The lowest BCUT2D eigenvalue weighted by molar-refractivity contribution is -0.139. The molecule has 0 saturated carbocycles. The van der Waals surface area contributed by atoms with E-state index in [1.54, 1.807) is 4.90 Å². The van der Waals surface area contributed by atoms with Gasteiger partial charge in [0.15, 0.2) is 5.78 Å². The topological polar surface area (TPSA) is 60.9 Å². The zero-order valence-electron chi connectivity index (χ0n) is 17.4. The van der Waals surface area contributed by atoms with Gasteiger partial charge in [-0.25, -0.2) is 0 Å². The predicted molar refractivity (Wildman–Crippen MR) is 110 cm³/mol. The van der Waals surface area contributed by atoms with Gasteiger partial charge in [0, 0.05) is 57.5 Å². The average Bonchev–Trinajstić information content (AvgIpc) is 2.73. The van der Waals surface area contributed by atoms with Gasteiger partial charge in [-0.05, 0) is 20.0 Å². The number of rotatable bonds is 9. The normalized spacial score (nSPS) is 14.4. The molecule has 6 nitrogen and oxygen atoms in total. The highest BCUT2D eigenvalue weighted by Crippen LogP contribution is 2.11. The van der Waals surface area contributed by atoms with Crippen LogP contribution >= 0.6 is 0 Å². The number of hydrogen-bond acceptors (Lipinski definition) is 4. The first-order valence-electron chi connectivity index (χ1n) is 10.3. The summed E-state index contributed by atoms with van der Waals surface area (Å²) in [6.07, 6.45) is 0.980. The lowest BCUT2D eigenvalue weighted by Crippen LogP contribution is -2.51. The van der Waals surface area contributed by atoms with E-state index < -0.39 is 0 Å². The van der Waals surface area contributed by atoms with Gasteiger partial charge in [-0.2, -0.15) is 0 Å². The third-order valence-corrected chi connectivity index (χ3v) is 5.46. The van der Waals surface area contributed by atoms with Crippen molar-refractivity contribution in [3.63, 3.8) is 0 Å². The Kier molecular flexibility index (Phi) is 8.64. The number of nitrogens with zero attached hydrogens (tertiary/aromatic N) is 3. The summed E-state index contributed by atoms with van der Waals surface area (Å²) in [4.78, 5) is 42.9. The van der Waals surface area contributed by atoms with Gasteiger partial charge in [0.05, 0.1) is 0 Å². The van der Waals surface area contributed by atoms with Crippen molar-refractivity contribution in [1.29, 1.82) is 0 Å². The molecule has 1 heterocycles. The Morgan fingerprint density at radius 1 is 0.821 bits per heavy atom. The molecule has 1 saturated heterocycles. The van der Waals surface area contributed by atoms with E-state index in [1.807, 2.05) is 36.1 Å². The molecule has 1 fully saturated rings. The van der Waals surface area contributed by atoms with E-state index in [-0.39, 0.29) is 30.4 Å². The van der Waals surface area contributed by atoms with Gasteiger partial charge in [-0.1, -0.05) is 43.7 Å². The fourth-order valence-electron chi connectivity index (χ4n) is 3.42. The SMILES string of the molecule is CCN(CC)CCC(=O)N1CCN(C(=O)CCC(=O)c2ccc(C)cc2)CC1. The summed E-state index contributed by atoms with van der Waals surface area (Å²) >= 11 is 0. The molecule has 28 heavy (non-hydrogen) atoms. The van der Waals surface area contributed by atoms with Crippen LogP contribution in [0.15, 0.2) is 24.3 Å². The Morgan fingerprint density at radius 3 is 1.82 bits per heavy atom. The molecule has 0 spiro atoms. The van der Waals surface area contributed by atoms with Gasteiger partial charge in [0.2, 0.25) is 11.8 Å². The summed E-state index contributed by atoms with van der Waals surface area (Å²) in [5.74, 6) is 0.155. The van der Waals surface area contributed by atoms with E-state index in [9.17, 15) is 14.4 Å². The Balaban J connectivity index is 1.72. The fraction of sp³-hybridized carbons (Fsp3) is 0.591. The zero-order chi connectivity index (χ0) is 20.5. The third kappa shape index (κ3) is 6.44. The first-order chi connectivity index (χ1) is 13.4. The maximum atomic E-state index is 12.4. The number of carbonyl (C=O) groups is 3. The molecule has 0 aliphatic carbocycles. The molecule has 0 bridgehead atoms. The van der Waals surface area contributed by atoms with E-state index in [0.29, 0.717) is 38.2 Å². The Hall–Kier alpha value is -2.21. The first kappa shape index (κ1) is 22.1. The molecule has 0 atom stereocenters. The van der Waals surface area contributed by atoms with Crippen LogP contribution in [-0.2, 0) is 9.59 Å². The van der Waals surface area contributed by atoms with Crippen LogP contribution in [0.1, 0.15) is 49.0 Å². The lowest BCUT2D eigenvalue weighted by Gasteiger charge is -2.35. The number of benzene rings is 1. The van der Waals surface area contributed by atoms with Crippen LogP contribution in [0.25, 0.3) is 0 Å². The van der Waals surface area contributed by atoms with Crippen molar-refractivity contribution >= 4 is 17.6 Å². The number of amides is 2. The summed E-state index contributed by atoms with van der Waals surface area (Å²) in [6.45, 7) is 11.1. The Labute approximate surface area is 168 Å². The summed E-state index contributed by atoms with van der Waals surface area (Å²) in [5, 5.41) is 0. The molecule has 0 aromatic heterocycles. The number of Topliss-reactive ketones (excluding diaryl/α,β-unsaturated/α-hetero) is 1. The second kappa shape index (κ2) is 11.0. The standard InChI is InChI=1S/C22H33N3O3/c1-4-23(5-2)13-12-22(28)25-16-14-24(15-17-25)21(27)11-10-20(26)19-8-6-18(3)7-9-19/h6-9H,4-5,10-17H2,1-3H3.